The summed E-state index contributed by atoms with van der Waals surface area (Å²) in [7, 11) is -1.95. The highest BCUT2D eigenvalue weighted by molar-refractivity contribution is 7.89. The number of hydrogen-bond donors (Lipinski definition) is 1. The average Bonchev–Trinajstić information content (AvgIpc) is 2.62. The second kappa shape index (κ2) is 9.05. The molecule has 0 bridgehead atoms. The fourth-order valence-corrected chi connectivity index (χ4v) is 4.15. The van der Waals surface area contributed by atoms with Crippen LogP contribution < -0.4 is 14.2 Å². The van der Waals surface area contributed by atoms with E-state index in [0.29, 0.717) is 29.4 Å². The van der Waals surface area contributed by atoms with Gasteiger partial charge in [0.05, 0.1) is 18.6 Å². The summed E-state index contributed by atoms with van der Waals surface area (Å²) in [5.74, 6) is 1.54. The number of benzene rings is 2. The minimum atomic E-state index is -3.53. The van der Waals surface area contributed by atoms with Gasteiger partial charge in [0.25, 0.3) is 0 Å². The lowest BCUT2D eigenvalue weighted by Gasteiger charge is -2.13. The molecule has 0 aliphatic heterocycles. The zero-order valence-corrected chi connectivity index (χ0v) is 16.7. The van der Waals surface area contributed by atoms with Crippen molar-refractivity contribution in [2.24, 2.45) is 0 Å². The summed E-state index contributed by atoms with van der Waals surface area (Å²) in [6.07, 6.45) is 1.52. The molecular formula is C20H27NO4S. The molecule has 0 aliphatic rings. The molecule has 0 aromatic heterocycles. The van der Waals surface area contributed by atoms with Gasteiger partial charge in [-0.3, -0.25) is 0 Å². The third-order valence-electron chi connectivity index (χ3n) is 4.15. The summed E-state index contributed by atoms with van der Waals surface area (Å²) in [5.41, 5.74) is 2.63. The zero-order chi connectivity index (χ0) is 19.2. The van der Waals surface area contributed by atoms with E-state index in [2.05, 4.69) is 4.72 Å². The number of aryl methyl sites for hydroxylation is 3. The standard InChI is InChI=1S/C20H27NO4S/c1-5-25-18-10-8-17(9-11-18)7-6-12-21-26(22,23)20-14-15(2)19(24-4)13-16(20)3/h8-11,13-14,21H,5-7,12H2,1-4H3. The van der Waals surface area contributed by atoms with E-state index in [4.69, 9.17) is 9.47 Å². The lowest BCUT2D eigenvalue weighted by Crippen LogP contribution is -2.26. The smallest absolute Gasteiger partial charge is 0.240 e. The van der Waals surface area contributed by atoms with Crippen LogP contribution >= 0.6 is 0 Å². The van der Waals surface area contributed by atoms with Crippen molar-refractivity contribution in [3.05, 3.63) is 53.1 Å². The largest absolute Gasteiger partial charge is 0.496 e. The summed E-state index contributed by atoms with van der Waals surface area (Å²) in [5, 5.41) is 0. The molecular weight excluding hydrogens is 350 g/mol. The summed E-state index contributed by atoms with van der Waals surface area (Å²) in [6, 6.07) is 11.3. The Morgan fingerprint density at radius 3 is 2.35 bits per heavy atom. The molecule has 0 atom stereocenters. The third-order valence-corrected chi connectivity index (χ3v) is 5.75. The number of nitrogens with one attached hydrogen (secondary N) is 1. The molecule has 0 amide bonds. The van der Waals surface area contributed by atoms with Gasteiger partial charge in [-0.2, -0.15) is 0 Å². The molecule has 0 spiro atoms. The SMILES string of the molecule is CCOc1ccc(CCCNS(=O)(=O)c2cc(C)c(OC)cc2C)cc1. The van der Waals surface area contributed by atoms with Crippen LogP contribution in [0.1, 0.15) is 30.0 Å². The number of rotatable bonds is 9. The Morgan fingerprint density at radius 2 is 1.73 bits per heavy atom. The van der Waals surface area contributed by atoms with Crippen LogP contribution in [0.3, 0.4) is 0 Å². The van der Waals surface area contributed by atoms with Crippen molar-refractivity contribution in [3.8, 4) is 11.5 Å². The zero-order valence-electron chi connectivity index (χ0n) is 15.8. The van der Waals surface area contributed by atoms with Gasteiger partial charge < -0.3 is 9.47 Å². The second-order valence-corrected chi connectivity index (χ2v) is 7.90. The van der Waals surface area contributed by atoms with Crippen LogP contribution in [0.4, 0.5) is 0 Å². The van der Waals surface area contributed by atoms with E-state index in [1.54, 1.807) is 26.2 Å². The van der Waals surface area contributed by atoms with Crippen molar-refractivity contribution in [1.82, 2.24) is 4.72 Å². The van der Waals surface area contributed by atoms with Crippen molar-refractivity contribution in [2.45, 2.75) is 38.5 Å². The first-order valence-corrected chi connectivity index (χ1v) is 10.2. The molecule has 0 aliphatic carbocycles. The quantitative estimate of drug-likeness (QED) is 0.678. The molecule has 0 heterocycles. The van der Waals surface area contributed by atoms with Gasteiger partial charge >= 0.3 is 0 Å². The highest BCUT2D eigenvalue weighted by Gasteiger charge is 2.18. The van der Waals surface area contributed by atoms with Crippen LogP contribution in [0, 0.1) is 13.8 Å². The van der Waals surface area contributed by atoms with Crippen LogP contribution in [-0.4, -0.2) is 28.7 Å². The van der Waals surface area contributed by atoms with Gasteiger partial charge in [0.2, 0.25) is 10.0 Å². The van der Waals surface area contributed by atoms with E-state index in [-0.39, 0.29) is 0 Å². The molecule has 2 aromatic rings. The molecule has 2 aromatic carbocycles. The van der Waals surface area contributed by atoms with Gasteiger partial charge in [-0.15, -0.1) is 0 Å². The summed E-state index contributed by atoms with van der Waals surface area (Å²) >= 11 is 0. The molecule has 6 heteroatoms. The van der Waals surface area contributed by atoms with Gasteiger partial charge in [-0.05, 0) is 74.6 Å². The number of hydrogen-bond acceptors (Lipinski definition) is 4. The third kappa shape index (κ3) is 5.22. The van der Waals surface area contributed by atoms with Crippen molar-refractivity contribution < 1.29 is 17.9 Å². The molecule has 0 saturated carbocycles. The normalized spacial score (nSPS) is 11.4. The minimum Gasteiger partial charge on any atom is -0.496 e. The predicted molar refractivity (Wildman–Crippen MR) is 104 cm³/mol. The van der Waals surface area contributed by atoms with Crippen molar-refractivity contribution >= 4 is 10.0 Å². The molecule has 26 heavy (non-hydrogen) atoms. The number of sulfonamides is 1. The lowest BCUT2D eigenvalue weighted by atomic mass is 10.1. The summed E-state index contributed by atoms with van der Waals surface area (Å²) in [6.45, 7) is 6.59. The van der Waals surface area contributed by atoms with E-state index in [9.17, 15) is 8.42 Å². The molecule has 0 radical (unpaired) electrons. The first-order valence-electron chi connectivity index (χ1n) is 8.74. The van der Waals surface area contributed by atoms with Crippen LogP contribution in [0.5, 0.6) is 11.5 Å². The Labute approximate surface area is 156 Å². The molecule has 142 valence electrons. The van der Waals surface area contributed by atoms with Gasteiger partial charge in [0, 0.05) is 6.54 Å². The first kappa shape index (κ1) is 20.3. The van der Waals surface area contributed by atoms with Crippen molar-refractivity contribution in [1.29, 1.82) is 0 Å². The Bertz CT molecular complexity index is 830. The van der Waals surface area contributed by atoms with Gasteiger partial charge in [-0.1, -0.05) is 12.1 Å². The topological polar surface area (TPSA) is 64.6 Å². The van der Waals surface area contributed by atoms with E-state index in [1.165, 1.54) is 0 Å². The molecule has 1 N–H and O–H groups in total. The van der Waals surface area contributed by atoms with Crippen LogP contribution in [0.25, 0.3) is 0 Å². The average molecular weight is 378 g/mol. The maximum atomic E-state index is 12.6. The molecule has 0 unspecified atom stereocenters. The van der Waals surface area contributed by atoms with E-state index >= 15 is 0 Å². The van der Waals surface area contributed by atoms with Crippen molar-refractivity contribution in [3.63, 3.8) is 0 Å². The van der Waals surface area contributed by atoms with Gasteiger partial charge in [0.15, 0.2) is 0 Å². The summed E-state index contributed by atoms with van der Waals surface area (Å²) in [4.78, 5) is 0.303. The minimum absolute atomic E-state index is 0.303. The fraction of sp³-hybridized carbons (Fsp3) is 0.400. The second-order valence-electron chi connectivity index (χ2n) is 6.17. The molecule has 0 saturated heterocycles. The van der Waals surface area contributed by atoms with E-state index in [1.807, 2.05) is 38.1 Å². The number of methoxy groups -OCH3 is 1. The van der Waals surface area contributed by atoms with Gasteiger partial charge in [0.1, 0.15) is 11.5 Å². The Kier molecular flexibility index (Phi) is 7.06. The Morgan fingerprint density at radius 1 is 1.04 bits per heavy atom. The van der Waals surface area contributed by atoms with E-state index in [0.717, 1.165) is 29.7 Å². The summed E-state index contributed by atoms with van der Waals surface area (Å²) < 4.78 is 38.5. The lowest BCUT2D eigenvalue weighted by molar-refractivity contribution is 0.340. The van der Waals surface area contributed by atoms with Crippen LogP contribution in [0.2, 0.25) is 0 Å². The first-order chi connectivity index (χ1) is 12.4. The fourth-order valence-electron chi connectivity index (χ4n) is 2.77. The van der Waals surface area contributed by atoms with Crippen LogP contribution in [0.15, 0.2) is 41.3 Å². The van der Waals surface area contributed by atoms with Crippen LogP contribution in [-0.2, 0) is 16.4 Å². The maximum absolute atomic E-state index is 12.6. The maximum Gasteiger partial charge on any atom is 0.240 e. The highest BCUT2D eigenvalue weighted by atomic mass is 32.2. The van der Waals surface area contributed by atoms with Gasteiger partial charge in [-0.25, -0.2) is 13.1 Å². The molecule has 0 fully saturated rings. The van der Waals surface area contributed by atoms with E-state index < -0.39 is 10.0 Å². The van der Waals surface area contributed by atoms with Crippen molar-refractivity contribution in [2.75, 3.05) is 20.3 Å². The predicted octanol–water partition coefficient (Wildman–Crippen LogP) is 3.62. The highest BCUT2D eigenvalue weighted by Crippen LogP contribution is 2.25. The number of ether oxygens (including phenoxy) is 2. The Balaban J connectivity index is 1.93. The molecule has 2 rings (SSSR count). The Hall–Kier alpha value is -2.05. The molecule has 5 nitrogen and oxygen atoms in total. The monoisotopic (exact) mass is 377 g/mol.